The van der Waals surface area contributed by atoms with Crippen molar-refractivity contribution in [3.8, 4) is 11.1 Å². The number of benzene rings is 3. The van der Waals surface area contributed by atoms with Gasteiger partial charge in [0.2, 0.25) is 0 Å². The SMILES string of the molecule is CC(=O)C1CCCC(C(=O)c2ccc(-c3ccc(Nc4nc5ccc(Cl)cc5s4)cc3)cc2)C1. The zero-order chi connectivity index (χ0) is 23.7. The second kappa shape index (κ2) is 9.69. The smallest absolute Gasteiger partial charge is 0.188 e. The van der Waals surface area contributed by atoms with E-state index in [0.717, 1.165) is 57.0 Å². The minimum atomic E-state index is -0.0441. The third kappa shape index (κ3) is 4.91. The molecule has 0 saturated heterocycles. The van der Waals surface area contributed by atoms with Crippen LogP contribution in [0.3, 0.4) is 0 Å². The van der Waals surface area contributed by atoms with E-state index in [1.807, 2.05) is 54.6 Å². The Morgan fingerprint density at radius 1 is 0.941 bits per heavy atom. The molecule has 1 saturated carbocycles. The van der Waals surface area contributed by atoms with Crippen molar-refractivity contribution in [1.29, 1.82) is 0 Å². The summed E-state index contributed by atoms with van der Waals surface area (Å²) in [5.74, 6) is 0.361. The van der Waals surface area contributed by atoms with Gasteiger partial charge < -0.3 is 5.32 Å². The van der Waals surface area contributed by atoms with Crippen LogP contribution in [0.4, 0.5) is 10.8 Å². The Hall–Kier alpha value is -3.02. The third-order valence-electron chi connectivity index (χ3n) is 6.61. The van der Waals surface area contributed by atoms with Gasteiger partial charge in [-0.25, -0.2) is 4.98 Å². The van der Waals surface area contributed by atoms with E-state index in [0.29, 0.717) is 11.4 Å². The molecule has 0 aliphatic heterocycles. The maximum Gasteiger partial charge on any atom is 0.188 e. The first-order valence-corrected chi connectivity index (χ1v) is 12.7. The molecule has 5 rings (SSSR count). The molecular formula is C28H25ClN2O2S. The molecule has 1 aliphatic rings. The lowest BCUT2D eigenvalue weighted by atomic mass is 9.76. The van der Waals surface area contributed by atoms with Gasteiger partial charge in [0.15, 0.2) is 10.9 Å². The quantitative estimate of drug-likeness (QED) is 0.280. The largest absolute Gasteiger partial charge is 0.332 e. The van der Waals surface area contributed by atoms with Crippen LogP contribution in [0.5, 0.6) is 0 Å². The number of halogens is 1. The number of fused-ring (bicyclic) bond motifs is 1. The van der Waals surface area contributed by atoms with Crippen LogP contribution in [0.1, 0.15) is 43.0 Å². The fourth-order valence-corrected chi connectivity index (χ4v) is 5.84. The number of aromatic nitrogens is 1. The minimum Gasteiger partial charge on any atom is -0.332 e. The van der Waals surface area contributed by atoms with Crippen LogP contribution in [0.15, 0.2) is 66.7 Å². The summed E-state index contributed by atoms with van der Waals surface area (Å²) in [7, 11) is 0. The fraction of sp³-hybridized carbons (Fsp3) is 0.250. The van der Waals surface area contributed by atoms with Gasteiger partial charge in [0.25, 0.3) is 0 Å². The number of hydrogen-bond acceptors (Lipinski definition) is 5. The van der Waals surface area contributed by atoms with Crippen molar-refractivity contribution in [3.63, 3.8) is 0 Å². The first-order chi connectivity index (χ1) is 16.5. The first-order valence-electron chi connectivity index (χ1n) is 11.5. The molecule has 1 aliphatic carbocycles. The number of nitrogens with zero attached hydrogens (tertiary/aromatic N) is 1. The van der Waals surface area contributed by atoms with Gasteiger partial charge in [-0.1, -0.05) is 65.8 Å². The zero-order valence-electron chi connectivity index (χ0n) is 18.9. The molecule has 1 heterocycles. The van der Waals surface area contributed by atoms with E-state index in [1.54, 1.807) is 18.3 Å². The molecule has 172 valence electrons. The molecule has 4 aromatic rings. The molecule has 1 N–H and O–H groups in total. The molecule has 0 radical (unpaired) electrons. The van der Waals surface area contributed by atoms with Crippen LogP contribution in [-0.2, 0) is 4.79 Å². The summed E-state index contributed by atoms with van der Waals surface area (Å²) in [5.41, 5.74) is 4.75. The first kappa shape index (κ1) is 22.8. The van der Waals surface area contributed by atoms with Gasteiger partial charge in [0, 0.05) is 28.1 Å². The second-order valence-corrected chi connectivity index (χ2v) is 10.4. The maximum absolute atomic E-state index is 13.0. The third-order valence-corrected chi connectivity index (χ3v) is 7.78. The Balaban J connectivity index is 1.26. The predicted molar refractivity (Wildman–Crippen MR) is 140 cm³/mol. The van der Waals surface area contributed by atoms with Gasteiger partial charge in [-0.05, 0) is 67.6 Å². The molecule has 1 fully saturated rings. The minimum absolute atomic E-state index is 0.0367. The Bertz CT molecular complexity index is 1350. The predicted octanol–water partition coefficient (Wildman–Crippen LogP) is 7.94. The topological polar surface area (TPSA) is 59.1 Å². The molecule has 0 spiro atoms. The van der Waals surface area contributed by atoms with Crippen molar-refractivity contribution < 1.29 is 9.59 Å². The summed E-state index contributed by atoms with van der Waals surface area (Å²) in [6, 6.07) is 21.7. The van der Waals surface area contributed by atoms with Crippen LogP contribution in [0.2, 0.25) is 5.02 Å². The van der Waals surface area contributed by atoms with Crippen LogP contribution in [-0.4, -0.2) is 16.6 Å². The Labute approximate surface area is 208 Å². The van der Waals surface area contributed by atoms with E-state index in [2.05, 4.69) is 22.4 Å². The molecule has 2 unspecified atom stereocenters. The number of carbonyl (C=O) groups excluding carboxylic acids is 2. The van der Waals surface area contributed by atoms with E-state index in [1.165, 1.54) is 0 Å². The molecule has 34 heavy (non-hydrogen) atoms. The van der Waals surface area contributed by atoms with Crippen LogP contribution in [0, 0.1) is 11.8 Å². The molecule has 2 atom stereocenters. The molecule has 1 aromatic heterocycles. The Kier molecular flexibility index (Phi) is 6.48. The van der Waals surface area contributed by atoms with Gasteiger partial charge in [-0.2, -0.15) is 0 Å². The zero-order valence-corrected chi connectivity index (χ0v) is 20.5. The van der Waals surface area contributed by atoms with Crippen molar-refractivity contribution in [2.45, 2.75) is 32.6 Å². The number of carbonyl (C=O) groups is 2. The van der Waals surface area contributed by atoms with Crippen molar-refractivity contribution in [1.82, 2.24) is 4.98 Å². The summed E-state index contributed by atoms with van der Waals surface area (Å²) >= 11 is 7.64. The lowest BCUT2D eigenvalue weighted by Gasteiger charge is -2.26. The highest BCUT2D eigenvalue weighted by Gasteiger charge is 2.29. The van der Waals surface area contributed by atoms with Gasteiger partial charge in [0.1, 0.15) is 5.78 Å². The summed E-state index contributed by atoms with van der Waals surface area (Å²) in [4.78, 5) is 29.4. The van der Waals surface area contributed by atoms with E-state index < -0.39 is 0 Å². The van der Waals surface area contributed by atoms with Gasteiger partial charge in [0.05, 0.1) is 10.2 Å². The normalized spacial score (nSPS) is 18.1. The maximum atomic E-state index is 13.0. The molecule has 0 amide bonds. The van der Waals surface area contributed by atoms with E-state index in [4.69, 9.17) is 11.6 Å². The van der Waals surface area contributed by atoms with Crippen LogP contribution >= 0.6 is 22.9 Å². The number of thiazole rings is 1. The van der Waals surface area contributed by atoms with Gasteiger partial charge >= 0.3 is 0 Å². The Morgan fingerprint density at radius 3 is 2.32 bits per heavy atom. The van der Waals surface area contributed by atoms with Gasteiger partial charge in [-0.3, -0.25) is 9.59 Å². The Morgan fingerprint density at radius 2 is 1.62 bits per heavy atom. The highest BCUT2D eigenvalue weighted by Crippen LogP contribution is 2.33. The second-order valence-electron chi connectivity index (χ2n) is 8.95. The monoisotopic (exact) mass is 488 g/mol. The standard InChI is InChI=1S/C28H25ClN2O2S/c1-17(32)21-3-2-4-22(15-21)27(33)20-7-5-18(6-8-20)19-9-12-24(13-10-19)30-28-31-25-14-11-23(29)16-26(25)34-28/h5-14,16,21-22H,2-4,15H2,1H3,(H,30,31). The van der Waals surface area contributed by atoms with E-state index >= 15 is 0 Å². The average molecular weight is 489 g/mol. The van der Waals surface area contributed by atoms with Gasteiger partial charge in [-0.15, -0.1) is 0 Å². The molecule has 0 bridgehead atoms. The highest BCUT2D eigenvalue weighted by molar-refractivity contribution is 7.22. The summed E-state index contributed by atoms with van der Waals surface area (Å²) < 4.78 is 1.05. The molecular weight excluding hydrogens is 464 g/mol. The number of hydrogen-bond donors (Lipinski definition) is 1. The average Bonchev–Trinajstić information content (AvgIpc) is 3.25. The number of nitrogens with one attached hydrogen (secondary N) is 1. The number of Topliss-reactive ketones (excluding diaryl/α,β-unsaturated/α-hetero) is 2. The lowest BCUT2D eigenvalue weighted by Crippen LogP contribution is -2.26. The summed E-state index contributed by atoms with van der Waals surface area (Å²) in [6.45, 7) is 1.64. The molecule has 6 heteroatoms. The van der Waals surface area contributed by atoms with Crippen molar-refractivity contribution >= 4 is 55.5 Å². The van der Waals surface area contributed by atoms with Crippen LogP contribution < -0.4 is 5.32 Å². The summed E-state index contributed by atoms with van der Waals surface area (Å²) in [5, 5.41) is 4.89. The molecule has 4 nitrogen and oxygen atoms in total. The summed E-state index contributed by atoms with van der Waals surface area (Å²) in [6.07, 6.45) is 3.42. The van der Waals surface area contributed by atoms with Crippen molar-refractivity contribution in [2.75, 3.05) is 5.32 Å². The number of anilines is 2. The number of rotatable bonds is 6. The molecule has 3 aromatic carbocycles. The van der Waals surface area contributed by atoms with Crippen molar-refractivity contribution in [3.05, 3.63) is 77.3 Å². The number of ketones is 2. The van der Waals surface area contributed by atoms with Crippen LogP contribution in [0.25, 0.3) is 21.3 Å². The van der Waals surface area contributed by atoms with E-state index in [-0.39, 0.29) is 23.4 Å². The lowest BCUT2D eigenvalue weighted by molar-refractivity contribution is -0.121. The fourth-order valence-electron chi connectivity index (χ4n) is 4.68. The highest BCUT2D eigenvalue weighted by atomic mass is 35.5. The van der Waals surface area contributed by atoms with E-state index in [9.17, 15) is 9.59 Å². The van der Waals surface area contributed by atoms with Crippen molar-refractivity contribution in [2.24, 2.45) is 11.8 Å².